The van der Waals surface area contributed by atoms with Crippen LogP contribution in [0.5, 0.6) is 11.5 Å². The predicted octanol–water partition coefficient (Wildman–Crippen LogP) is 6.59. The smallest absolute Gasteiger partial charge is 0.255 e. The average molecular weight is 533 g/mol. The number of carbonyl (C=O) groups is 3. The van der Waals surface area contributed by atoms with E-state index in [0.29, 0.717) is 34.5 Å². The summed E-state index contributed by atoms with van der Waals surface area (Å²) in [4.78, 5) is 41.3. The zero-order valence-electron chi connectivity index (χ0n) is 22.8. The molecule has 2 bridgehead atoms. The Bertz CT molecular complexity index is 1510. The molecule has 40 heavy (non-hydrogen) atoms. The first-order valence-corrected chi connectivity index (χ1v) is 14.0. The maximum Gasteiger partial charge on any atom is 0.255 e. The molecule has 3 fully saturated rings. The fourth-order valence-corrected chi connectivity index (χ4v) is 6.97. The topological polar surface area (TPSA) is 75.7 Å². The molecule has 1 heterocycles. The van der Waals surface area contributed by atoms with Crippen molar-refractivity contribution in [2.45, 2.75) is 32.6 Å². The van der Waals surface area contributed by atoms with Crippen molar-refractivity contribution >= 4 is 29.1 Å². The quantitative estimate of drug-likeness (QED) is 0.297. The first-order valence-electron chi connectivity index (χ1n) is 14.0. The lowest BCUT2D eigenvalue weighted by Crippen LogP contribution is -2.40. The molecule has 4 aliphatic carbocycles. The Balaban J connectivity index is 1.03. The monoisotopic (exact) mass is 532 g/mol. The minimum absolute atomic E-state index is 0.0766. The van der Waals surface area contributed by atoms with Gasteiger partial charge in [0.05, 0.1) is 17.5 Å². The molecule has 0 spiro atoms. The summed E-state index contributed by atoms with van der Waals surface area (Å²) in [5.41, 5.74) is 2.78. The lowest BCUT2D eigenvalue weighted by Gasteiger charge is -2.37. The Morgan fingerprint density at radius 1 is 0.825 bits per heavy atom. The van der Waals surface area contributed by atoms with Gasteiger partial charge < -0.3 is 10.1 Å². The number of imide groups is 1. The maximum atomic E-state index is 13.5. The van der Waals surface area contributed by atoms with Crippen molar-refractivity contribution in [3.05, 3.63) is 96.1 Å². The third-order valence-electron chi connectivity index (χ3n) is 9.10. The molecule has 8 rings (SSSR count). The van der Waals surface area contributed by atoms with Crippen molar-refractivity contribution in [3.63, 3.8) is 0 Å². The number of nitrogens with one attached hydrogen (secondary N) is 1. The van der Waals surface area contributed by atoms with Gasteiger partial charge in [0.25, 0.3) is 5.91 Å². The van der Waals surface area contributed by atoms with Crippen molar-refractivity contribution in [2.24, 2.45) is 35.5 Å². The molecular formula is C34H32N2O4. The van der Waals surface area contributed by atoms with Gasteiger partial charge in [-0.25, -0.2) is 4.90 Å². The van der Waals surface area contributed by atoms with Crippen LogP contribution in [0.2, 0.25) is 0 Å². The van der Waals surface area contributed by atoms with Crippen molar-refractivity contribution in [3.8, 4) is 11.5 Å². The molecule has 0 aromatic heterocycles. The fraction of sp³-hybridized carbons (Fsp3) is 0.324. The number of nitrogens with zero attached hydrogens (tertiary/aromatic N) is 1. The van der Waals surface area contributed by atoms with E-state index in [0.717, 1.165) is 12.2 Å². The number of rotatable bonds is 5. The summed E-state index contributed by atoms with van der Waals surface area (Å²) >= 11 is 0. The van der Waals surface area contributed by atoms with Gasteiger partial charge >= 0.3 is 0 Å². The molecule has 3 amide bonds. The predicted molar refractivity (Wildman–Crippen MR) is 153 cm³/mol. The number of hydrogen-bond acceptors (Lipinski definition) is 4. The van der Waals surface area contributed by atoms with Gasteiger partial charge in [-0.1, -0.05) is 51.1 Å². The highest BCUT2D eigenvalue weighted by Crippen LogP contribution is 2.65. The lowest BCUT2D eigenvalue weighted by atomic mass is 9.63. The number of ether oxygens (including phenoxy) is 1. The number of benzene rings is 3. The second kappa shape index (κ2) is 8.91. The zero-order valence-corrected chi connectivity index (χ0v) is 22.8. The van der Waals surface area contributed by atoms with Gasteiger partial charge in [-0.15, -0.1) is 0 Å². The molecule has 1 aliphatic heterocycles. The van der Waals surface area contributed by atoms with E-state index in [1.807, 2.05) is 12.1 Å². The van der Waals surface area contributed by atoms with E-state index in [4.69, 9.17) is 4.74 Å². The van der Waals surface area contributed by atoms with E-state index in [2.05, 4.69) is 50.4 Å². The molecule has 6 atom stereocenters. The summed E-state index contributed by atoms with van der Waals surface area (Å²) in [6.45, 7) is 6.52. The van der Waals surface area contributed by atoms with Gasteiger partial charge in [-0.3, -0.25) is 14.4 Å². The lowest BCUT2D eigenvalue weighted by molar-refractivity contribution is -0.124. The molecule has 1 saturated heterocycles. The summed E-state index contributed by atoms with van der Waals surface area (Å²) in [6, 6.07) is 22.0. The highest BCUT2D eigenvalue weighted by molar-refractivity contribution is 6.23. The normalized spacial score (nSPS) is 27.8. The van der Waals surface area contributed by atoms with Crippen molar-refractivity contribution in [1.82, 2.24) is 0 Å². The van der Waals surface area contributed by atoms with E-state index in [9.17, 15) is 14.4 Å². The van der Waals surface area contributed by atoms with Crippen LogP contribution in [0.1, 0.15) is 43.1 Å². The minimum Gasteiger partial charge on any atom is -0.457 e. The SMILES string of the molecule is CC(C)(C)c1ccc(Oc2ccc(NC(=O)c3cccc(N4C(=O)[C@H]5[C@@H]6C=C[C@@H]([C@H]7C[C@H]67)[C@@H]5C4=O)c3)cc2)cc1. The summed E-state index contributed by atoms with van der Waals surface area (Å²) < 4.78 is 5.97. The number of amides is 3. The third-order valence-corrected chi connectivity index (χ3v) is 9.10. The maximum absolute atomic E-state index is 13.5. The van der Waals surface area contributed by atoms with Gasteiger partial charge in [0.1, 0.15) is 11.5 Å². The molecule has 3 aromatic rings. The summed E-state index contributed by atoms with van der Waals surface area (Å²) in [5, 5.41) is 2.91. The minimum atomic E-state index is -0.312. The Labute approximate surface area is 234 Å². The van der Waals surface area contributed by atoms with Crippen molar-refractivity contribution in [2.75, 3.05) is 10.2 Å². The molecule has 0 unspecified atom stereocenters. The van der Waals surface area contributed by atoms with Crippen LogP contribution in [0, 0.1) is 35.5 Å². The summed E-state index contributed by atoms with van der Waals surface area (Å²) in [5.74, 6) is 1.76. The Hall–Kier alpha value is -4.19. The van der Waals surface area contributed by atoms with E-state index < -0.39 is 0 Å². The van der Waals surface area contributed by atoms with Crippen LogP contribution in [0.4, 0.5) is 11.4 Å². The molecule has 6 nitrogen and oxygen atoms in total. The third kappa shape index (κ3) is 4.05. The Morgan fingerprint density at radius 3 is 1.98 bits per heavy atom. The van der Waals surface area contributed by atoms with E-state index in [1.165, 1.54) is 10.5 Å². The van der Waals surface area contributed by atoms with Crippen LogP contribution in [-0.2, 0) is 15.0 Å². The number of carbonyl (C=O) groups excluding carboxylic acids is 3. The molecule has 6 heteroatoms. The molecule has 0 radical (unpaired) electrons. The van der Waals surface area contributed by atoms with Gasteiger partial charge in [-0.2, -0.15) is 0 Å². The van der Waals surface area contributed by atoms with E-state index in [-0.39, 0.29) is 46.8 Å². The van der Waals surface area contributed by atoms with Crippen LogP contribution < -0.4 is 15.0 Å². The second-order valence-electron chi connectivity index (χ2n) is 12.6. The van der Waals surface area contributed by atoms with Crippen LogP contribution >= 0.6 is 0 Å². The summed E-state index contributed by atoms with van der Waals surface area (Å²) in [7, 11) is 0. The van der Waals surface area contributed by atoms with Gasteiger partial charge in [0.15, 0.2) is 0 Å². The Kier molecular flexibility index (Phi) is 5.53. The fourth-order valence-electron chi connectivity index (χ4n) is 6.97. The number of hydrogen-bond donors (Lipinski definition) is 1. The van der Waals surface area contributed by atoms with Gasteiger partial charge in [-0.05, 0) is 95.7 Å². The first kappa shape index (κ1) is 24.8. The number of allylic oxidation sites excluding steroid dienone is 2. The molecule has 202 valence electrons. The Morgan fingerprint density at radius 2 is 1.40 bits per heavy atom. The van der Waals surface area contributed by atoms with E-state index in [1.54, 1.807) is 48.5 Å². The van der Waals surface area contributed by atoms with Crippen molar-refractivity contribution < 1.29 is 19.1 Å². The van der Waals surface area contributed by atoms with Crippen LogP contribution in [0.15, 0.2) is 84.9 Å². The second-order valence-corrected chi connectivity index (χ2v) is 12.6. The highest BCUT2D eigenvalue weighted by atomic mass is 16.5. The average Bonchev–Trinajstić information content (AvgIpc) is 3.72. The van der Waals surface area contributed by atoms with Gasteiger partial charge in [0.2, 0.25) is 11.8 Å². The van der Waals surface area contributed by atoms with Crippen molar-refractivity contribution in [1.29, 1.82) is 0 Å². The van der Waals surface area contributed by atoms with E-state index >= 15 is 0 Å². The van der Waals surface area contributed by atoms with Crippen LogP contribution in [0.25, 0.3) is 0 Å². The first-order chi connectivity index (χ1) is 19.2. The highest BCUT2D eigenvalue weighted by Gasteiger charge is 2.67. The summed E-state index contributed by atoms with van der Waals surface area (Å²) in [6.07, 6.45) is 5.46. The zero-order chi connectivity index (χ0) is 27.8. The molecule has 1 N–H and O–H groups in total. The number of anilines is 2. The standard InChI is InChI=1S/C34H32N2O4/c1-34(2,3)20-7-11-23(12-8-20)40-24-13-9-21(10-14-24)35-31(37)19-5-4-6-22(17-19)36-32(38)29-25-15-16-26(28-18-27(25)28)30(29)33(36)39/h4-17,25-30H,18H2,1-3H3,(H,35,37)/t25-,26+,27-,28-,29+,30+/m1/s1. The van der Waals surface area contributed by atoms with Crippen LogP contribution in [-0.4, -0.2) is 17.7 Å². The largest absolute Gasteiger partial charge is 0.457 e. The molecule has 5 aliphatic rings. The molecule has 3 aromatic carbocycles. The van der Waals surface area contributed by atoms with Gasteiger partial charge in [0, 0.05) is 11.3 Å². The molecule has 2 saturated carbocycles. The molecular weight excluding hydrogens is 500 g/mol. The van der Waals surface area contributed by atoms with Crippen LogP contribution in [0.3, 0.4) is 0 Å².